The highest BCUT2D eigenvalue weighted by molar-refractivity contribution is 6.04. The minimum Gasteiger partial charge on any atom is -0.381 e. The number of hydrogen-bond donors (Lipinski definition) is 1. The number of hydrogen-bond acceptors (Lipinski definition) is 2. The lowest BCUT2D eigenvalue weighted by molar-refractivity contribution is 0.218. The fraction of sp³-hybridized carbons (Fsp3) is 0.625. The Hall–Kier alpha value is -0.955. The van der Waals surface area contributed by atoms with E-state index in [4.69, 9.17) is 0 Å². The number of nitrogens with zero attached hydrogens (tertiary/aromatic N) is 1. The van der Waals surface area contributed by atoms with Gasteiger partial charge in [-0.1, -0.05) is 32.0 Å². The Morgan fingerprint density at radius 3 is 2.53 bits per heavy atom. The largest absolute Gasteiger partial charge is 0.381 e. The van der Waals surface area contributed by atoms with Gasteiger partial charge < -0.3 is 10.1 Å². The molecule has 1 aromatic rings. The molecule has 0 bridgehead atoms. The van der Waals surface area contributed by atoms with Gasteiger partial charge in [0.15, 0.2) is 7.98 Å². The van der Waals surface area contributed by atoms with Gasteiger partial charge in [-0.3, -0.25) is 0 Å². The second-order valence-corrected chi connectivity index (χ2v) is 7.07. The molecular weight excluding hydrogens is 231 g/mol. The van der Waals surface area contributed by atoms with Gasteiger partial charge in [0.25, 0.3) is 0 Å². The second-order valence-electron chi connectivity index (χ2n) is 7.07. The summed E-state index contributed by atoms with van der Waals surface area (Å²) in [6, 6.07) is 9.26. The maximum atomic E-state index is 3.71. The number of rotatable bonds is 3. The maximum Gasteiger partial charge on any atom is 0.186 e. The summed E-state index contributed by atoms with van der Waals surface area (Å²) in [6.07, 6.45) is 0. The molecule has 3 heteroatoms. The predicted octanol–water partition coefficient (Wildman–Crippen LogP) is 2.87. The van der Waals surface area contributed by atoms with Gasteiger partial charge >= 0.3 is 0 Å². The van der Waals surface area contributed by atoms with Crippen molar-refractivity contribution in [3.05, 3.63) is 29.8 Å². The SMILES string of the molecule is BN(CC(C)[C@@H]1Nc2ccccc2[C@@H]1C)C(C)(C)C. The zero-order valence-electron chi connectivity index (χ0n) is 13.2. The summed E-state index contributed by atoms with van der Waals surface area (Å²) in [6.45, 7) is 12.7. The van der Waals surface area contributed by atoms with Gasteiger partial charge in [-0.2, -0.15) is 0 Å². The molecule has 0 saturated heterocycles. The van der Waals surface area contributed by atoms with Crippen LogP contribution in [0.1, 0.15) is 46.1 Å². The molecule has 0 fully saturated rings. The Bertz CT molecular complexity index is 439. The van der Waals surface area contributed by atoms with Crippen molar-refractivity contribution < 1.29 is 0 Å². The van der Waals surface area contributed by atoms with E-state index in [1.54, 1.807) is 0 Å². The van der Waals surface area contributed by atoms with Gasteiger partial charge in [0.1, 0.15) is 0 Å². The monoisotopic (exact) mass is 258 g/mol. The van der Waals surface area contributed by atoms with Crippen LogP contribution in [-0.2, 0) is 0 Å². The second kappa shape index (κ2) is 5.20. The van der Waals surface area contributed by atoms with E-state index in [2.05, 4.69) is 77.0 Å². The van der Waals surface area contributed by atoms with Gasteiger partial charge in [0.2, 0.25) is 0 Å². The van der Waals surface area contributed by atoms with Crippen molar-refractivity contribution >= 4 is 13.7 Å². The fourth-order valence-electron chi connectivity index (χ4n) is 2.98. The lowest BCUT2D eigenvalue weighted by Crippen LogP contribution is -2.45. The minimum atomic E-state index is 0.239. The third-order valence-corrected chi connectivity index (χ3v) is 4.63. The van der Waals surface area contributed by atoms with E-state index >= 15 is 0 Å². The molecule has 1 aliphatic heterocycles. The van der Waals surface area contributed by atoms with Crippen LogP contribution in [-0.4, -0.2) is 30.9 Å². The molecule has 104 valence electrons. The summed E-state index contributed by atoms with van der Waals surface area (Å²) in [5.41, 5.74) is 3.03. The number of nitrogens with one attached hydrogen (secondary N) is 1. The van der Waals surface area contributed by atoms with Gasteiger partial charge in [0, 0.05) is 23.2 Å². The van der Waals surface area contributed by atoms with E-state index in [1.165, 1.54) is 11.3 Å². The third-order valence-electron chi connectivity index (χ3n) is 4.63. The molecule has 2 rings (SSSR count). The minimum absolute atomic E-state index is 0.239. The zero-order chi connectivity index (χ0) is 14.2. The third kappa shape index (κ3) is 2.97. The number of fused-ring (bicyclic) bond motifs is 1. The summed E-state index contributed by atoms with van der Waals surface area (Å²) in [5, 5.41) is 3.71. The van der Waals surface area contributed by atoms with Gasteiger partial charge in [0.05, 0.1) is 0 Å². The van der Waals surface area contributed by atoms with Crippen LogP contribution >= 0.6 is 0 Å². The Labute approximate surface area is 119 Å². The Balaban J connectivity index is 2.05. The maximum absolute atomic E-state index is 3.71. The molecule has 0 saturated carbocycles. The van der Waals surface area contributed by atoms with Gasteiger partial charge in [-0.05, 0) is 44.9 Å². The highest BCUT2D eigenvalue weighted by Crippen LogP contribution is 2.38. The lowest BCUT2D eigenvalue weighted by atomic mass is 9.87. The first-order valence-corrected chi connectivity index (χ1v) is 7.37. The summed E-state index contributed by atoms with van der Waals surface area (Å²) < 4.78 is 0. The Morgan fingerprint density at radius 2 is 1.95 bits per heavy atom. The topological polar surface area (TPSA) is 15.3 Å². The van der Waals surface area contributed by atoms with Gasteiger partial charge in [-0.15, -0.1) is 0 Å². The molecule has 0 spiro atoms. The zero-order valence-corrected chi connectivity index (χ0v) is 13.2. The van der Waals surface area contributed by atoms with Crippen molar-refractivity contribution in [3.63, 3.8) is 0 Å². The lowest BCUT2D eigenvalue weighted by Gasteiger charge is -2.37. The molecule has 0 radical (unpaired) electrons. The molecular formula is C16H27BN2. The fourth-order valence-corrected chi connectivity index (χ4v) is 2.98. The first-order valence-electron chi connectivity index (χ1n) is 7.37. The van der Waals surface area contributed by atoms with Crippen molar-refractivity contribution in [1.29, 1.82) is 0 Å². The van der Waals surface area contributed by atoms with Crippen LogP contribution in [0.2, 0.25) is 0 Å². The van der Waals surface area contributed by atoms with E-state index in [0.29, 0.717) is 17.9 Å². The number of para-hydroxylation sites is 1. The van der Waals surface area contributed by atoms with Crippen molar-refractivity contribution in [2.45, 2.75) is 52.1 Å². The molecule has 2 nitrogen and oxygen atoms in total. The average molecular weight is 258 g/mol. The van der Waals surface area contributed by atoms with Crippen LogP contribution in [0.15, 0.2) is 24.3 Å². The molecule has 1 N–H and O–H groups in total. The van der Waals surface area contributed by atoms with Crippen molar-refractivity contribution in [3.8, 4) is 0 Å². The average Bonchev–Trinajstić information content (AvgIpc) is 2.66. The quantitative estimate of drug-likeness (QED) is 0.839. The van der Waals surface area contributed by atoms with Gasteiger partial charge in [-0.25, -0.2) is 0 Å². The molecule has 1 aliphatic rings. The molecule has 1 unspecified atom stereocenters. The van der Waals surface area contributed by atoms with Crippen LogP contribution in [0.4, 0.5) is 5.69 Å². The van der Waals surface area contributed by atoms with Crippen LogP contribution in [0.25, 0.3) is 0 Å². The first kappa shape index (κ1) is 14.5. The summed E-state index contributed by atoms with van der Waals surface area (Å²) >= 11 is 0. The Morgan fingerprint density at radius 1 is 1.32 bits per heavy atom. The molecule has 0 aromatic heterocycles. The highest BCUT2D eigenvalue weighted by atomic mass is 15.1. The normalized spacial score (nSPS) is 24.1. The van der Waals surface area contributed by atoms with Crippen LogP contribution in [0.3, 0.4) is 0 Å². The molecule has 0 aliphatic carbocycles. The summed E-state index contributed by atoms with van der Waals surface area (Å²) in [5.74, 6) is 1.23. The number of anilines is 1. The molecule has 1 aromatic carbocycles. The summed E-state index contributed by atoms with van der Waals surface area (Å²) in [4.78, 5) is 2.45. The highest BCUT2D eigenvalue weighted by Gasteiger charge is 2.33. The predicted molar refractivity (Wildman–Crippen MR) is 86.4 cm³/mol. The molecule has 0 amide bonds. The summed E-state index contributed by atoms with van der Waals surface area (Å²) in [7, 11) is 2.23. The van der Waals surface area contributed by atoms with Crippen LogP contribution in [0, 0.1) is 5.92 Å². The van der Waals surface area contributed by atoms with E-state index in [9.17, 15) is 0 Å². The molecule has 3 atom stereocenters. The first-order chi connectivity index (χ1) is 8.80. The molecule has 19 heavy (non-hydrogen) atoms. The van der Waals surface area contributed by atoms with Crippen LogP contribution in [0.5, 0.6) is 0 Å². The van der Waals surface area contributed by atoms with Crippen LogP contribution < -0.4 is 5.32 Å². The van der Waals surface area contributed by atoms with Crippen molar-refractivity contribution in [2.75, 3.05) is 11.9 Å². The molecule has 1 heterocycles. The standard InChI is InChI=1S/C16H27BN2/c1-11(10-19(17)16(3,4)5)15-12(2)13-8-6-7-9-14(13)18-15/h6-9,11-12,15,18H,10,17H2,1-5H3/t11?,12-,15-/m0/s1. The number of benzene rings is 1. The smallest absolute Gasteiger partial charge is 0.186 e. The van der Waals surface area contributed by atoms with Crippen molar-refractivity contribution in [1.82, 2.24) is 4.81 Å². The van der Waals surface area contributed by atoms with E-state index in [0.717, 1.165) is 6.54 Å². The van der Waals surface area contributed by atoms with E-state index in [1.807, 2.05) is 0 Å². The van der Waals surface area contributed by atoms with E-state index in [-0.39, 0.29) is 5.54 Å². The van der Waals surface area contributed by atoms with Crippen molar-refractivity contribution in [2.24, 2.45) is 5.92 Å². The Kier molecular flexibility index (Phi) is 3.96. The van der Waals surface area contributed by atoms with E-state index < -0.39 is 0 Å².